The summed E-state index contributed by atoms with van der Waals surface area (Å²) in [6.07, 6.45) is 0.0889. The van der Waals surface area contributed by atoms with E-state index < -0.39 is 11.8 Å². The van der Waals surface area contributed by atoms with E-state index in [2.05, 4.69) is 5.32 Å². The van der Waals surface area contributed by atoms with Crippen molar-refractivity contribution in [2.24, 2.45) is 11.7 Å². The molecule has 8 heteroatoms. The first-order chi connectivity index (χ1) is 13.4. The molecule has 1 aliphatic heterocycles. The summed E-state index contributed by atoms with van der Waals surface area (Å²) in [6, 6.07) is 11.4. The Balaban J connectivity index is 1.73. The third kappa shape index (κ3) is 3.90. The van der Waals surface area contributed by atoms with Crippen molar-refractivity contribution in [3.63, 3.8) is 0 Å². The second-order valence-electron chi connectivity index (χ2n) is 6.37. The molecule has 28 heavy (non-hydrogen) atoms. The van der Waals surface area contributed by atoms with Crippen molar-refractivity contribution < 1.29 is 23.9 Å². The molecule has 1 aliphatic rings. The Morgan fingerprint density at radius 2 is 1.82 bits per heavy atom. The first-order valence-electron chi connectivity index (χ1n) is 8.66. The third-order valence-electron chi connectivity index (χ3n) is 4.61. The number of carbonyl (C=O) groups is 3. The van der Waals surface area contributed by atoms with Crippen LogP contribution in [0.5, 0.6) is 11.5 Å². The fourth-order valence-electron chi connectivity index (χ4n) is 3.09. The molecule has 0 radical (unpaired) electrons. The molecule has 146 valence electrons. The maximum Gasteiger partial charge on any atom is 0.248 e. The lowest BCUT2D eigenvalue weighted by Crippen LogP contribution is -2.28. The topological polar surface area (TPSA) is 111 Å². The average Bonchev–Trinajstić information content (AvgIpc) is 3.09. The number of ether oxygens (including phenoxy) is 2. The SMILES string of the molecule is COc1ccc(OC)c(N2C[C@@H](C(=O)Nc3ccc(C(N)=O)cc3)CC2=O)c1. The molecule has 0 aromatic heterocycles. The number of methoxy groups -OCH3 is 2. The van der Waals surface area contributed by atoms with Gasteiger partial charge in [-0.2, -0.15) is 0 Å². The van der Waals surface area contributed by atoms with Crippen LogP contribution in [0.1, 0.15) is 16.8 Å². The molecule has 3 amide bonds. The van der Waals surface area contributed by atoms with Crippen molar-refractivity contribution in [2.75, 3.05) is 31.0 Å². The number of nitrogens with one attached hydrogen (secondary N) is 1. The number of nitrogens with zero attached hydrogens (tertiary/aromatic N) is 1. The van der Waals surface area contributed by atoms with Crippen molar-refractivity contribution in [3.05, 3.63) is 48.0 Å². The van der Waals surface area contributed by atoms with E-state index in [-0.39, 0.29) is 24.8 Å². The summed E-state index contributed by atoms with van der Waals surface area (Å²) < 4.78 is 10.6. The molecule has 2 aromatic carbocycles. The highest BCUT2D eigenvalue weighted by Gasteiger charge is 2.36. The second kappa shape index (κ2) is 7.99. The molecule has 0 aliphatic carbocycles. The van der Waals surface area contributed by atoms with Gasteiger partial charge < -0.3 is 25.4 Å². The van der Waals surface area contributed by atoms with Crippen LogP contribution in [-0.2, 0) is 9.59 Å². The highest BCUT2D eigenvalue weighted by atomic mass is 16.5. The Bertz CT molecular complexity index is 911. The number of primary amides is 1. The maximum absolute atomic E-state index is 12.6. The smallest absolute Gasteiger partial charge is 0.248 e. The molecule has 0 bridgehead atoms. The second-order valence-corrected chi connectivity index (χ2v) is 6.37. The van der Waals surface area contributed by atoms with E-state index in [1.165, 1.54) is 31.3 Å². The lowest BCUT2D eigenvalue weighted by atomic mass is 10.1. The molecule has 3 N–H and O–H groups in total. The minimum atomic E-state index is -0.540. The van der Waals surface area contributed by atoms with Crippen LogP contribution in [-0.4, -0.2) is 38.5 Å². The standard InChI is InChI=1S/C20H21N3O5/c1-27-15-7-8-17(28-2)16(10-15)23-11-13(9-18(23)24)20(26)22-14-5-3-12(4-6-14)19(21)25/h3-8,10,13H,9,11H2,1-2H3,(H2,21,25)(H,22,26)/t13-/m0/s1. The predicted octanol–water partition coefficient (Wildman–Crippen LogP) is 1.79. The first-order valence-corrected chi connectivity index (χ1v) is 8.66. The van der Waals surface area contributed by atoms with Gasteiger partial charge in [0.2, 0.25) is 17.7 Å². The zero-order valence-electron chi connectivity index (χ0n) is 15.6. The Morgan fingerprint density at radius 1 is 1.11 bits per heavy atom. The number of nitrogens with two attached hydrogens (primary N) is 1. The Hall–Kier alpha value is -3.55. The monoisotopic (exact) mass is 383 g/mol. The van der Waals surface area contributed by atoms with E-state index >= 15 is 0 Å². The van der Waals surface area contributed by atoms with Crippen LogP contribution in [0, 0.1) is 5.92 Å². The number of rotatable bonds is 6. The van der Waals surface area contributed by atoms with Gasteiger partial charge in [-0.1, -0.05) is 0 Å². The molecule has 0 unspecified atom stereocenters. The van der Waals surface area contributed by atoms with E-state index in [1.54, 1.807) is 30.3 Å². The van der Waals surface area contributed by atoms with Gasteiger partial charge in [0.25, 0.3) is 0 Å². The Morgan fingerprint density at radius 3 is 2.43 bits per heavy atom. The van der Waals surface area contributed by atoms with Crippen LogP contribution in [0.2, 0.25) is 0 Å². The van der Waals surface area contributed by atoms with Crippen molar-refractivity contribution in [2.45, 2.75) is 6.42 Å². The van der Waals surface area contributed by atoms with Crippen LogP contribution in [0.4, 0.5) is 11.4 Å². The third-order valence-corrected chi connectivity index (χ3v) is 4.61. The largest absolute Gasteiger partial charge is 0.497 e. The van der Waals surface area contributed by atoms with Gasteiger partial charge in [0.15, 0.2) is 0 Å². The molecular weight excluding hydrogens is 362 g/mol. The maximum atomic E-state index is 12.6. The quantitative estimate of drug-likeness (QED) is 0.790. The number of hydrogen-bond acceptors (Lipinski definition) is 5. The number of anilines is 2. The summed E-state index contributed by atoms with van der Waals surface area (Å²) in [6.45, 7) is 0.230. The van der Waals surface area contributed by atoms with E-state index in [0.29, 0.717) is 28.4 Å². The predicted molar refractivity (Wildman–Crippen MR) is 104 cm³/mol. The van der Waals surface area contributed by atoms with Crippen molar-refractivity contribution >= 4 is 29.1 Å². The first kappa shape index (κ1) is 19.2. The van der Waals surface area contributed by atoms with Gasteiger partial charge in [0.1, 0.15) is 11.5 Å². The molecule has 0 saturated carbocycles. The van der Waals surface area contributed by atoms with Crippen LogP contribution < -0.4 is 25.4 Å². The van der Waals surface area contributed by atoms with Gasteiger partial charge in [-0.05, 0) is 36.4 Å². The summed E-state index contributed by atoms with van der Waals surface area (Å²) in [4.78, 5) is 37.8. The van der Waals surface area contributed by atoms with Crippen molar-refractivity contribution in [1.82, 2.24) is 0 Å². The number of hydrogen-bond donors (Lipinski definition) is 2. The van der Waals surface area contributed by atoms with Gasteiger partial charge in [-0.3, -0.25) is 14.4 Å². The molecule has 1 heterocycles. The number of carbonyl (C=O) groups excluding carboxylic acids is 3. The Kier molecular flexibility index (Phi) is 5.49. The summed E-state index contributed by atoms with van der Waals surface area (Å²) in [5.41, 5.74) is 6.65. The average molecular weight is 383 g/mol. The van der Waals surface area contributed by atoms with Crippen LogP contribution in [0.15, 0.2) is 42.5 Å². The summed E-state index contributed by atoms with van der Waals surface area (Å²) >= 11 is 0. The number of benzene rings is 2. The molecule has 1 atom stereocenters. The van der Waals surface area contributed by atoms with E-state index in [1.807, 2.05) is 0 Å². The van der Waals surface area contributed by atoms with Crippen molar-refractivity contribution in [1.29, 1.82) is 0 Å². The molecule has 0 spiro atoms. The number of amides is 3. The minimum Gasteiger partial charge on any atom is -0.497 e. The van der Waals surface area contributed by atoms with E-state index in [9.17, 15) is 14.4 Å². The molecular formula is C20H21N3O5. The van der Waals surface area contributed by atoms with Gasteiger partial charge >= 0.3 is 0 Å². The highest BCUT2D eigenvalue weighted by Crippen LogP contribution is 2.36. The van der Waals surface area contributed by atoms with Crippen LogP contribution in [0.25, 0.3) is 0 Å². The van der Waals surface area contributed by atoms with Crippen LogP contribution in [0.3, 0.4) is 0 Å². The van der Waals surface area contributed by atoms with E-state index in [0.717, 1.165) is 0 Å². The molecule has 2 aromatic rings. The van der Waals surface area contributed by atoms with Gasteiger partial charge in [0.05, 0.1) is 25.8 Å². The van der Waals surface area contributed by atoms with Gasteiger partial charge in [0, 0.05) is 30.3 Å². The molecule has 1 saturated heterocycles. The normalized spacial score (nSPS) is 16.0. The lowest BCUT2D eigenvalue weighted by molar-refractivity contribution is -0.122. The summed E-state index contributed by atoms with van der Waals surface area (Å²) in [5.74, 6) is -0.384. The molecule has 3 rings (SSSR count). The molecule has 1 fully saturated rings. The fourth-order valence-corrected chi connectivity index (χ4v) is 3.09. The highest BCUT2D eigenvalue weighted by molar-refractivity contribution is 6.04. The Labute approximate surface area is 162 Å². The zero-order valence-corrected chi connectivity index (χ0v) is 15.6. The van der Waals surface area contributed by atoms with Gasteiger partial charge in [-0.15, -0.1) is 0 Å². The van der Waals surface area contributed by atoms with Crippen LogP contribution >= 0.6 is 0 Å². The van der Waals surface area contributed by atoms with Gasteiger partial charge in [-0.25, -0.2) is 0 Å². The minimum absolute atomic E-state index is 0.0889. The lowest BCUT2D eigenvalue weighted by Gasteiger charge is -2.20. The fraction of sp³-hybridized carbons (Fsp3) is 0.250. The summed E-state index contributed by atoms with van der Waals surface area (Å²) in [7, 11) is 3.06. The van der Waals surface area contributed by atoms with Crippen molar-refractivity contribution in [3.8, 4) is 11.5 Å². The van der Waals surface area contributed by atoms with E-state index in [4.69, 9.17) is 15.2 Å². The summed E-state index contributed by atoms with van der Waals surface area (Å²) in [5, 5.41) is 2.77. The zero-order chi connectivity index (χ0) is 20.3. The molecule has 8 nitrogen and oxygen atoms in total.